The normalized spacial score (nSPS) is 23.1. The zero-order valence-corrected chi connectivity index (χ0v) is 19.8. The third-order valence-corrected chi connectivity index (χ3v) is 7.74. The standard InChI is InChI=1S/C21H32ClN5O4S/c1-15-5-6-18(24-13-19(14-28)27-21(29)10-16(22)12-25-27)11-20(15)32(30,31)26-9-7-17-4-2-3-8-23-17/h5-6,11,14,16-17,19,23-26H,2-4,7-10,12-13H2,1H3. The fraction of sp³-hybridized carbons (Fsp3) is 0.619. The summed E-state index contributed by atoms with van der Waals surface area (Å²) < 4.78 is 28.4. The van der Waals surface area contributed by atoms with Crippen LogP contribution in [0.2, 0.25) is 0 Å². The first-order valence-electron chi connectivity index (χ1n) is 11.0. The third kappa shape index (κ3) is 6.64. The number of carbonyl (C=O) groups excluding carboxylic acids is 2. The predicted molar refractivity (Wildman–Crippen MR) is 124 cm³/mol. The van der Waals surface area contributed by atoms with Gasteiger partial charge in [0.2, 0.25) is 15.9 Å². The monoisotopic (exact) mass is 485 g/mol. The topological polar surface area (TPSA) is 120 Å². The summed E-state index contributed by atoms with van der Waals surface area (Å²) in [6, 6.07) is 4.63. The number of rotatable bonds is 10. The fourth-order valence-corrected chi connectivity index (χ4v) is 5.50. The number of halogens is 1. The second-order valence-electron chi connectivity index (χ2n) is 8.33. The molecule has 1 aromatic carbocycles. The summed E-state index contributed by atoms with van der Waals surface area (Å²) in [5.74, 6) is -0.251. The van der Waals surface area contributed by atoms with E-state index in [0.717, 1.165) is 19.4 Å². The summed E-state index contributed by atoms with van der Waals surface area (Å²) in [4.78, 5) is 23.9. The maximum atomic E-state index is 12.9. The van der Waals surface area contributed by atoms with Crippen molar-refractivity contribution in [3.05, 3.63) is 23.8 Å². The van der Waals surface area contributed by atoms with Gasteiger partial charge >= 0.3 is 0 Å². The van der Waals surface area contributed by atoms with Crippen LogP contribution < -0.4 is 20.8 Å². The Labute approximate surface area is 194 Å². The van der Waals surface area contributed by atoms with Gasteiger partial charge in [0.25, 0.3) is 0 Å². The molecular formula is C21H32ClN5O4S. The third-order valence-electron chi connectivity index (χ3n) is 5.83. The number of hydrogen-bond donors (Lipinski definition) is 4. The second-order valence-corrected chi connectivity index (χ2v) is 10.7. The van der Waals surface area contributed by atoms with Crippen molar-refractivity contribution >= 4 is 39.5 Å². The van der Waals surface area contributed by atoms with Crippen LogP contribution >= 0.6 is 11.6 Å². The van der Waals surface area contributed by atoms with Gasteiger partial charge in [0.1, 0.15) is 12.3 Å². The minimum atomic E-state index is -3.67. The first-order valence-corrected chi connectivity index (χ1v) is 12.9. The van der Waals surface area contributed by atoms with Gasteiger partial charge in [-0.3, -0.25) is 9.80 Å². The van der Waals surface area contributed by atoms with E-state index in [1.54, 1.807) is 25.1 Å². The number of amides is 1. The number of nitrogens with zero attached hydrogens (tertiary/aromatic N) is 1. The van der Waals surface area contributed by atoms with Crippen LogP contribution in [0.1, 0.15) is 37.7 Å². The number of aldehydes is 1. The molecule has 4 N–H and O–H groups in total. The summed E-state index contributed by atoms with van der Waals surface area (Å²) in [5.41, 5.74) is 4.05. The van der Waals surface area contributed by atoms with Crippen LogP contribution in [0.3, 0.4) is 0 Å². The number of piperidine rings is 1. The molecule has 0 radical (unpaired) electrons. The van der Waals surface area contributed by atoms with E-state index in [1.165, 1.54) is 17.9 Å². The summed E-state index contributed by atoms with van der Waals surface area (Å²) in [6.07, 6.45) is 4.99. The van der Waals surface area contributed by atoms with Crippen molar-refractivity contribution in [1.29, 1.82) is 0 Å². The number of carbonyl (C=O) groups is 2. The molecule has 3 unspecified atom stereocenters. The number of aryl methyl sites for hydroxylation is 1. The number of nitrogens with one attached hydrogen (secondary N) is 4. The van der Waals surface area contributed by atoms with Crippen molar-refractivity contribution < 1.29 is 18.0 Å². The van der Waals surface area contributed by atoms with Gasteiger partial charge in [-0.15, -0.1) is 11.6 Å². The molecule has 0 aliphatic carbocycles. The van der Waals surface area contributed by atoms with E-state index in [0.29, 0.717) is 36.7 Å². The molecule has 0 spiro atoms. The molecule has 0 bridgehead atoms. The number of hydrogen-bond acceptors (Lipinski definition) is 7. The molecule has 2 aliphatic rings. The highest BCUT2D eigenvalue weighted by atomic mass is 35.5. The summed E-state index contributed by atoms with van der Waals surface area (Å²) >= 11 is 5.97. The van der Waals surface area contributed by atoms with Gasteiger partial charge in [-0.1, -0.05) is 12.5 Å². The second kappa shape index (κ2) is 11.4. The number of alkyl halides is 1. The molecule has 1 amide bonds. The maximum absolute atomic E-state index is 12.9. The van der Waals surface area contributed by atoms with Crippen molar-refractivity contribution in [2.24, 2.45) is 0 Å². The lowest BCUT2D eigenvalue weighted by molar-refractivity contribution is -0.142. The van der Waals surface area contributed by atoms with Crippen molar-refractivity contribution in [2.75, 3.05) is 31.5 Å². The number of sulfonamides is 1. The lowest BCUT2D eigenvalue weighted by atomic mass is 10.0. The van der Waals surface area contributed by atoms with E-state index < -0.39 is 16.1 Å². The smallest absolute Gasteiger partial charge is 0.240 e. The summed E-state index contributed by atoms with van der Waals surface area (Å²) in [6.45, 7) is 3.63. The largest absolute Gasteiger partial charge is 0.382 e. The fourth-order valence-electron chi connectivity index (χ4n) is 3.99. The van der Waals surface area contributed by atoms with E-state index >= 15 is 0 Å². The minimum absolute atomic E-state index is 0.137. The Hall–Kier alpha value is -1.72. The Kier molecular flexibility index (Phi) is 8.89. The Bertz CT molecular complexity index is 907. The summed E-state index contributed by atoms with van der Waals surface area (Å²) in [5, 5.41) is 7.47. The molecule has 2 heterocycles. The van der Waals surface area contributed by atoms with Crippen molar-refractivity contribution in [1.82, 2.24) is 20.5 Å². The van der Waals surface area contributed by atoms with Crippen LogP contribution in [0.15, 0.2) is 23.1 Å². The highest BCUT2D eigenvalue weighted by Gasteiger charge is 2.30. The molecule has 3 atom stereocenters. The van der Waals surface area contributed by atoms with Crippen LogP contribution in [0, 0.1) is 6.92 Å². The van der Waals surface area contributed by atoms with Crippen LogP contribution in [0.25, 0.3) is 0 Å². The molecule has 2 fully saturated rings. The minimum Gasteiger partial charge on any atom is -0.382 e. The van der Waals surface area contributed by atoms with E-state index in [4.69, 9.17) is 11.6 Å². The van der Waals surface area contributed by atoms with Crippen molar-refractivity contribution in [3.63, 3.8) is 0 Å². The van der Waals surface area contributed by atoms with Crippen LogP contribution in [0.5, 0.6) is 0 Å². The maximum Gasteiger partial charge on any atom is 0.240 e. The predicted octanol–water partition coefficient (Wildman–Crippen LogP) is 1.13. The molecule has 0 saturated carbocycles. The Morgan fingerprint density at radius 1 is 1.34 bits per heavy atom. The zero-order valence-electron chi connectivity index (χ0n) is 18.3. The molecule has 2 aliphatic heterocycles. The number of hydrazine groups is 1. The van der Waals surface area contributed by atoms with E-state index in [1.807, 2.05) is 0 Å². The van der Waals surface area contributed by atoms with Crippen LogP contribution in [-0.2, 0) is 19.6 Å². The zero-order chi connectivity index (χ0) is 23.1. The molecule has 32 heavy (non-hydrogen) atoms. The van der Waals surface area contributed by atoms with E-state index in [2.05, 4.69) is 20.8 Å². The van der Waals surface area contributed by atoms with E-state index in [-0.39, 0.29) is 29.1 Å². The number of anilines is 1. The average Bonchev–Trinajstić information content (AvgIpc) is 2.76. The van der Waals surface area contributed by atoms with Gasteiger partial charge in [-0.25, -0.2) is 18.6 Å². The van der Waals surface area contributed by atoms with Crippen molar-refractivity contribution in [2.45, 2.75) is 61.4 Å². The lowest BCUT2D eigenvalue weighted by Crippen LogP contribution is -2.58. The van der Waals surface area contributed by atoms with Gasteiger partial charge in [0, 0.05) is 37.8 Å². The van der Waals surface area contributed by atoms with Gasteiger partial charge < -0.3 is 15.4 Å². The highest BCUT2D eigenvalue weighted by Crippen LogP contribution is 2.21. The van der Waals surface area contributed by atoms with Gasteiger partial charge in [-0.2, -0.15) is 0 Å². The van der Waals surface area contributed by atoms with Crippen LogP contribution in [0.4, 0.5) is 5.69 Å². The average molecular weight is 486 g/mol. The Balaban J connectivity index is 1.60. The first-order chi connectivity index (χ1) is 15.3. The molecule has 178 valence electrons. The van der Waals surface area contributed by atoms with Gasteiger partial charge in [-0.05, 0) is 50.4 Å². The molecule has 2 saturated heterocycles. The molecule has 11 heteroatoms. The number of benzene rings is 1. The molecular weight excluding hydrogens is 454 g/mol. The lowest BCUT2D eigenvalue weighted by Gasteiger charge is -2.34. The molecule has 1 aromatic rings. The highest BCUT2D eigenvalue weighted by molar-refractivity contribution is 7.89. The molecule has 9 nitrogen and oxygen atoms in total. The first kappa shape index (κ1) is 24.9. The SMILES string of the molecule is Cc1ccc(NCC(C=O)N2NCC(Cl)CC2=O)cc1S(=O)(=O)NCCC1CCCCN1. The molecule has 3 rings (SSSR count). The summed E-state index contributed by atoms with van der Waals surface area (Å²) in [7, 11) is -3.67. The van der Waals surface area contributed by atoms with Crippen molar-refractivity contribution in [3.8, 4) is 0 Å². The van der Waals surface area contributed by atoms with E-state index in [9.17, 15) is 18.0 Å². The van der Waals surface area contributed by atoms with Crippen LogP contribution in [-0.4, -0.2) is 69.3 Å². The van der Waals surface area contributed by atoms with Gasteiger partial charge in [0.15, 0.2) is 0 Å². The Morgan fingerprint density at radius 2 is 2.16 bits per heavy atom. The molecule has 0 aromatic heterocycles. The van der Waals surface area contributed by atoms with Gasteiger partial charge in [0.05, 0.1) is 10.3 Å². The Morgan fingerprint density at radius 3 is 2.84 bits per heavy atom. The quantitative estimate of drug-likeness (QED) is 0.289.